The second kappa shape index (κ2) is 4.97. The number of hydrogen-bond acceptors (Lipinski definition) is 3. The lowest BCUT2D eigenvalue weighted by atomic mass is 10.1. The number of rotatable bonds is 2. The monoisotopic (exact) mass is 251 g/mol. The second-order valence-corrected chi connectivity index (χ2v) is 5.27. The summed E-state index contributed by atoms with van der Waals surface area (Å²) in [5.41, 5.74) is 1.16. The van der Waals surface area contributed by atoms with Gasteiger partial charge >= 0.3 is 0 Å². The number of nitrogens with zero attached hydrogens (tertiary/aromatic N) is 1. The van der Waals surface area contributed by atoms with Crippen molar-refractivity contribution in [2.75, 3.05) is 5.75 Å². The lowest BCUT2D eigenvalue weighted by Crippen LogP contribution is -2.32. The van der Waals surface area contributed by atoms with Gasteiger partial charge in [-0.1, -0.05) is 61.2 Å². The van der Waals surface area contributed by atoms with E-state index in [0.29, 0.717) is 10.7 Å². The standard InChI is InChI=1S/C12H13NOS2/c1-2-11(14)13-10(8-16-12(13)15)9-6-4-3-5-7-9/h3-7,10H,2,8H2,1H3/t10-/m0/s1. The van der Waals surface area contributed by atoms with Gasteiger partial charge in [-0.3, -0.25) is 9.69 Å². The van der Waals surface area contributed by atoms with Gasteiger partial charge in [0, 0.05) is 12.2 Å². The molecule has 4 heteroatoms. The largest absolute Gasteiger partial charge is 0.289 e. The van der Waals surface area contributed by atoms with E-state index in [4.69, 9.17) is 12.2 Å². The van der Waals surface area contributed by atoms with Crippen LogP contribution in [0.1, 0.15) is 24.9 Å². The summed E-state index contributed by atoms with van der Waals surface area (Å²) in [4.78, 5) is 13.6. The zero-order valence-corrected chi connectivity index (χ0v) is 10.7. The Kier molecular flexibility index (Phi) is 3.61. The van der Waals surface area contributed by atoms with Crippen LogP contribution < -0.4 is 0 Å². The summed E-state index contributed by atoms with van der Waals surface area (Å²) in [5, 5.41) is 0. The van der Waals surface area contributed by atoms with Crippen LogP contribution in [-0.2, 0) is 4.79 Å². The summed E-state index contributed by atoms with van der Waals surface area (Å²) >= 11 is 6.82. The van der Waals surface area contributed by atoms with Crippen molar-refractivity contribution in [3.63, 3.8) is 0 Å². The zero-order valence-electron chi connectivity index (χ0n) is 9.05. The number of benzene rings is 1. The zero-order chi connectivity index (χ0) is 11.5. The first-order valence-corrected chi connectivity index (χ1v) is 6.67. The fourth-order valence-corrected chi connectivity index (χ4v) is 3.23. The predicted octanol–water partition coefficient (Wildman–Crippen LogP) is 3.00. The molecule has 0 aliphatic carbocycles. The summed E-state index contributed by atoms with van der Waals surface area (Å²) in [6.45, 7) is 1.87. The number of hydrogen-bond donors (Lipinski definition) is 0. The number of carbonyl (C=O) groups excluding carboxylic acids is 1. The van der Waals surface area contributed by atoms with Crippen molar-refractivity contribution in [1.29, 1.82) is 0 Å². The second-order valence-electron chi connectivity index (χ2n) is 3.62. The minimum atomic E-state index is 0.115. The lowest BCUT2D eigenvalue weighted by Gasteiger charge is -2.23. The third-order valence-electron chi connectivity index (χ3n) is 2.63. The smallest absolute Gasteiger partial charge is 0.228 e. The molecule has 1 aromatic carbocycles. The van der Waals surface area contributed by atoms with Gasteiger partial charge in [-0.2, -0.15) is 0 Å². The highest BCUT2D eigenvalue weighted by atomic mass is 32.2. The van der Waals surface area contributed by atoms with Crippen LogP contribution in [0.15, 0.2) is 30.3 Å². The maximum atomic E-state index is 11.8. The molecule has 2 nitrogen and oxygen atoms in total. The molecular formula is C12H13NOS2. The van der Waals surface area contributed by atoms with Crippen molar-refractivity contribution >= 4 is 34.2 Å². The summed E-state index contributed by atoms with van der Waals surface area (Å²) in [5.74, 6) is 0.984. The summed E-state index contributed by atoms with van der Waals surface area (Å²) in [7, 11) is 0. The molecule has 1 heterocycles. The van der Waals surface area contributed by atoms with Crippen LogP contribution in [0.3, 0.4) is 0 Å². The molecule has 1 aliphatic rings. The molecule has 1 fully saturated rings. The van der Waals surface area contributed by atoms with Gasteiger partial charge in [-0.05, 0) is 5.56 Å². The van der Waals surface area contributed by atoms with Crippen LogP contribution in [0.25, 0.3) is 0 Å². The van der Waals surface area contributed by atoms with E-state index < -0.39 is 0 Å². The highest BCUT2D eigenvalue weighted by Gasteiger charge is 2.33. The minimum Gasteiger partial charge on any atom is -0.289 e. The predicted molar refractivity (Wildman–Crippen MR) is 71.4 cm³/mol. The average molecular weight is 251 g/mol. The number of amides is 1. The molecule has 1 atom stereocenters. The Bertz CT molecular complexity index is 405. The maximum absolute atomic E-state index is 11.8. The first-order valence-electron chi connectivity index (χ1n) is 5.27. The Balaban J connectivity index is 2.28. The molecule has 1 aliphatic heterocycles. The molecule has 0 N–H and O–H groups in total. The van der Waals surface area contributed by atoms with E-state index in [2.05, 4.69) is 12.1 Å². The van der Waals surface area contributed by atoms with E-state index in [1.165, 1.54) is 0 Å². The van der Waals surface area contributed by atoms with Crippen LogP contribution in [-0.4, -0.2) is 20.9 Å². The van der Waals surface area contributed by atoms with Crippen LogP contribution in [0.2, 0.25) is 0 Å². The van der Waals surface area contributed by atoms with Crippen LogP contribution in [0.5, 0.6) is 0 Å². The average Bonchev–Trinajstić information content (AvgIpc) is 2.71. The molecule has 0 bridgehead atoms. The third kappa shape index (κ3) is 2.13. The minimum absolute atomic E-state index is 0.115. The Morgan fingerprint density at radius 3 is 2.81 bits per heavy atom. The van der Waals surface area contributed by atoms with E-state index in [0.717, 1.165) is 11.3 Å². The molecule has 84 valence electrons. The fourth-order valence-electron chi connectivity index (χ4n) is 1.79. The Hall–Kier alpha value is -0.870. The molecular weight excluding hydrogens is 238 g/mol. The first-order chi connectivity index (χ1) is 7.74. The Morgan fingerprint density at radius 1 is 1.50 bits per heavy atom. The van der Waals surface area contributed by atoms with Crippen molar-refractivity contribution in [1.82, 2.24) is 4.90 Å². The van der Waals surface area contributed by atoms with Crippen LogP contribution >= 0.6 is 24.0 Å². The van der Waals surface area contributed by atoms with E-state index in [9.17, 15) is 4.79 Å². The molecule has 0 aromatic heterocycles. The molecule has 16 heavy (non-hydrogen) atoms. The Labute approximate surface area is 105 Å². The summed E-state index contributed by atoms with van der Waals surface area (Å²) in [6, 6.07) is 10.2. The van der Waals surface area contributed by atoms with Gasteiger partial charge in [-0.25, -0.2) is 0 Å². The van der Waals surface area contributed by atoms with Crippen LogP contribution in [0.4, 0.5) is 0 Å². The molecule has 0 unspecified atom stereocenters. The first kappa shape index (κ1) is 11.6. The van der Waals surface area contributed by atoms with E-state index in [-0.39, 0.29) is 11.9 Å². The lowest BCUT2D eigenvalue weighted by molar-refractivity contribution is -0.128. The van der Waals surface area contributed by atoms with E-state index in [1.807, 2.05) is 25.1 Å². The summed E-state index contributed by atoms with van der Waals surface area (Å²) < 4.78 is 0.709. The molecule has 1 aromatic rings. The quantitative estimate of drug-likeness (QED) is 0.754. The van der Waals surface area contributed by atoms with Gasteiger partial charge in [0.25, 0.3) is 0 Å². The van der Waals surface area contributed by atoms with Crippen molar-refractivity contribution in [2.24, 2.45) is 0 Å². The van der Waals surface area contributed by atoms with Crippen molar-refractivity contribution < 1.29 is 4.79 Å². The van der Waals surface area contributed by atoms with E-state index >= 15 is 0 Å². The van der Waals surface area contributed by atoms with Gasteiger partial charge in [-0.15, -0.1) is 0 Å². The third-order valence-corrected chi connectivity index (χ3v) is 4.10. The molecule has 2 rings (SSSR count). The van der Waals surface area contributed by atoms with E-state index in [1.54, 1.807) is 16.7 Å². The molecule has 1 amide bonds. The highest BCUT2D eigenvalue weighted by Crippen LogP contribution is 2.35. The molecule has 0 radical (unpaired) electrons. The normalized spacial score (nSPS) is 20.2. The number of thiocarbonyl (C=S) groups is 1. The van der Waals surface area contributed by atoms with Gasteiger partial charge in [0.1, 0.15) is 4.32 Å². The van der Waals surface area contributed by atoms with Crippen molar-refractivity contribution in [3.8, 4) is 0 Å². The maximum Gasteiger partial charge on any atom is 0.228 e. The van der Waals surface area contributed by atoms with Crippen molar-refractivity contribution in [2.45, 2.75) is 19.4 Å². The molecule has 1 saturated heterocycles. The van der Waals surface area contributed by atoms with Gasteiger partial charge in [0.2, 0.25) is 5.91 Å². The number of thioether (sulfide) groups is 1. The summed E-state index contributed by atoms with van der Waals surface area (Å²) in [6.07, 6.45) is 0.504. The van der Waals surface area contributed by atoms with Gasteiger partial charge < -0.3 is 0 Å². The topological polar surface area (TPSA) is 20.3 Å². The highest BCUT2D eigenvalue weighted by molar-refractivity contribution is 8.23. The Morgan fingerprint density at radius 2 is 2.19 bits per heavy atom. The molecule has 0 saturated carbocycles. The fraction of sp³-hybridized carbons (Fsp3) is 0.333. The number of carbonyl (C=O) groups is 1. The van der Waals surface area contributed by atoms with Crippen LogP contribution in [0, 0.1) is 0 Å². The van der Waals surface area contributed by atoms with Gasteiger partial charge in [0.15, 0.2) is 0 Å². The molecule has 0 spiro atoms. The van der Waals surface area contributed by atoms with Crippen molar-refractivity contribution in [3.05, 3.63) is 35.9 Å². The van der Waals surface area contributed by atoms with Gasteiger partial charge in [0.05, 0.1) is 6.04 Å². The SMILES string of the molecule is CCC(=O)N1C(=S)SC[C@H]1c1ccccc1.